The fraction of sp³-hybridized carbons (Fsp3) is 0.769. The van der Waals surface area contributed by atoms with E-state index >= 15 is 0 Å². The second kappa shape index (κ2) is 6.04. The molecule has 0 aliphatic carbocycles. The molecule has 19 heavy (non-hydrogen) atoms. The van der Waals surface area contributed by atoms with Crippen molar-refractivity contribution < 1.29 is 14.4 Å². The third-order valence-electron chi connectivity index (χ3n) is 3.90. The van der Waals surface area contributed by atoms with Crippen molar-refractivity contribution in [2.24, 2.45) is 5.73 Å². The number of nitrogens with two attached hydrogens (primary N) is 1. The molecular weight excluding hydrogens is 246 g/mol. The first-order valence-electron chi connectivity index (χ1n) is 6.96. The summed E-state index contributed by atoms with van der Waals surface area (Å²) < 4.78 is 0. The van der Waals surface area contributed by atoms with Gasteiger partial charge in [-0.1, -0.05) is 6.42 Å². The molecule has 2 fully saturated rings. The largest absolute Gasteiger partial charge is 0.368 e. The lowest BCUT2D eigenvalue weighted by Crippen LogP contribution is -2.48. The minimum absolute atomic E-state index is 0.0423. The lowest BCUT2D eigenvalue weighted by molar-refractivity contribution is -0.142. The molecule has 2 rings (SSSR count). The first-order valence-corrected chi connectivity index (χ1v) is 6.96. The Kier molecular flexibility index (Phi) is 4.39. The van der Waals surface area contributed by atoms with Gasteiger partial charge in [-0.2, -0.15) is 0 Å². The molecule has 0 bridgehead atoms. The highest BCUT2D eigenvalue weighted by Gasteiger charge is 2.33. The second-order valence-electron chi connectivity index (χ2n) is 5.27. The van der Waals surface area contributed by atoms with Crippen LogP contribution in [0.4, 0.5) is 0 Å². The van der Waals surface area contributed by atoms with E-state index in [0.29, 0.717) is 25.9 Å². The van der Waals surface area contributed by atoms with Crippen LogP contribution in [0.25, 0.3) is 0 Å². The Hall–Kier alpha value is -1.59. The predicted octanol–water partition coefficient (Wildman–Crippen LogP) is -0.135. The molecule has 2 saturated heterocycles. The molecule has 2 aliphatic heterocycles. The summed E-state index contributed by atoms with van der Waals surface area (Å²) >= 11 is 0. The van der Waals surface area contributed by atoms with Gasteiger partial charge < -0.3 is 15.5 Å². The van der Waals surface area contributed by atoms with Crippen molar-refractivity contribution in [3.8, 4) is 0 Å². The minimum atomic E-state index is -0.491. The van der Waals surface area contributed by atoms with Gasteiger partial charge in [-0.3, -0.25) is 14.4 Å². The maximum atomic E-state index is 12.2. The molecule has 1 unspecified atom stereocenters. The number of nitrogens with zero attached hydrogens (tertiary/aromatic N) is 2. The summed E-state index contributed by atoms with van der Waals surface area (Å²) in [4.78, 5) is 38.5. The molecule has 1 atom stereocenters. The van der Waals surface area contributed by atoms with Crippen molar-refractivity contribution in [2.45, 2.75) is 44.6 Å². The Morgan fingerprint density at radius 3 is 2.68 bits per heavy atom. The number of hydrogen-bond acceptors (Lipinski definition) is 3. The molecule has 0 aromatic heterocycles. The molecule has 3 amide bonds. The molecule has 0 aromatic carbocycles. The Morgan fingerprint density at radius 1 is 1.16 bits per heavy atom. The fourth-order valence-electron chi connectivity index (χ4n) is 2.82. The first-order chi connectivity index (χ1) is 9.09. The zero-order chi connectivity index (χ0) is 13.8. The van der Waals surface area contributed by atoms with Crippen molar-refractivity contribution >= 4 is 17.7 Å². The van der Waals surface area contributed by atoms with Crippen LogP contribution in [-0.2, 0) is 14.4 Å². The number of primary amides is 1. The summed E-state index contributed by atoms with van der Waals surface area (Å²) in [5, 5.41) is 0. The normalized spacial score (nSPS) is 24.4. The van der Waals surface area contributed by atoms with E-state index < -0.39 is 11.9 Å². The Labute approximate surface area is 112 Å². The average Bonchev–Trinajstić information content (AvgIpc) is 2.78. The first kappa shape index (κ1) is 13.8. The van der Waals surface area contributed by atoms with Crippen LogP contribution in [0.3, 0.4) is 0 Å². The van der Waals surface area contributed by atoms with E-state index in [1.807, 2.05) is 0 Å². The molecule has 6 nitrogen and oxygen atoms in total. The lowest BCUT2D eigenvalue weighted by Gasteiger charge is -2.26. The smallest absolute Gasteiger partial charge is 0.242 e. The summed E-state index contributed by atoms with van der Waals surface area (Å²) in [5.74, 6) is -0.565. The quantitative estimate of drug-likeness (QED) is 0.772. The van der Waals surface area contributed by atoms with Gasteiger partial charge >= 0.3 is 0 Å². The topological polar surface area (TPSA) is 83.7 Å². The van der Waals surface area contributed by atoms with Crippen LogP contribution in [0.5, 0.6) is 0 Å². The number of hydrogen-bond donors (Lipinski definition) is 1. The van der Waals surface area contributed by atoms with Gasteiger partial charge in [-0.25, -0.2) is 0 Å². The molecule has 2 aliphatic rings. The van der Waals surface area contributed by atoms with Crippen molar-refractivity contribution in [3.05, 3.63) is 0 Å². The van der Waals surface area contributed by atoms with Gasteiger partial charge in [0.15, 0.2) is 0 Å². The van der Waals surface area contributed by atoms with Gasteiger partial charge in [-0.05, 0) is 25.7 Å². The molecule has 106 valence electrons. The molecule has 2 N–H and O–H groups in total. The standard InChI is InChI=1S/C13H21N3O3/c14-13(19)10-5-4-8-16(10)12(18)9-15-7-3-1-2-6-11(15)17/h10H,1-9H2,(H2,14,19). The highest BCUT2D eigenvalue weighted by molar-refractivity contribution is 5.90. The summed E-state index contributed by atoms with van der Waals surface area (Å²) in [5.41, 5.74) is 5.30. The van der Waals surface area contributed by atoms with Crippen molar-refractivity contribution in [1.82, 2.24) is 9.80 Å². The van der Waals surface area contributed by atoms with Gasteiger partial charge in [0, 0.05) is 19.5 Å². The molecule has 2 heterocycles. The number of likely N-dealkylation sites (tertiary alicyclic amines) is 2. The molecular formula is C13H21N3O3. The van der Waals surface area contributed by atoms with Gasteiger partial charge in [0.25, 0.3) is 0 Å². The lowest BCUT2D eigenvalue weighted by atomic mass is 10.2. The zero-order valence-electron chi connectivity index (χ0n) is 11.1. The molecule has 0 saturated carbocycles. The minimum Gasteiger partial charge on any atom is -0.368 e. The van der Waals surface area contributed by atoms with Gasteiger partial charge in [0.05, 0.1) is 6.54 Å². The van der Waals surface area contributed by atoms with Crippen LogP contribution < -0.4 is 5.73 Å². The SMILES string of the molecule is NC(=O)C1CCCN1C(=O)CN1CCCCCC1=O. The average molecular weight is 267 g/mol. The monoisotopic (exact) mass is 267 g/mol. The Bertz CT molecular complexity index is 383. The highest BCUT2D eigenvalue weighted by atomic mass is 16.2. The fourth-order valence-corrected chi connectivity index (χ4v) is 2.82. The van der Waals surface area contributed by atoms with Crippen LogP contribution in [0.1, 0.15) is 38.5 Å². The molecule has 0 radical (unpaired) electrons. The number of rotatable bonds is 3. The van der Waals surface area contributed by atoms with Crippen molar-refractivity contribution in [2.75, 3.05) is 19.6 Å². The Morgan fingerprint density at radius 2 is 1.95 bits per heavy atom. The van der Waals surface area contributed by atoms with E-state index in [1.54, 1.807) is 4.90 Å². The summed E-state index contributed by atoms with van der Waals surface area (Å²) in [6.45, 7) is 1.29. The number of carbonyl (C=O) groups is 3. The van der Waals surface area contributed by atoms with Gasteiger partial charge in [0.2, 0.25) is 17.7 Å². The number of carbonyl (C=O) groups excluding carboxylic acids is 3. The molecule has 6 heteroatoms. The Balaban J connectivity index is 1.96. The van der Waals surface area contributed by atoms with Gasteiger partial charge in [-0.15, -0.1) is 0 Å². The van der Waals surface area contributed by atoms with E-state index in [4.69, 9.17) is 5.73 Å². The van der Waals surface area contributed by atoms with E-state index in [-0.39, 0.29) is 18.4 Å². The van der Waals surface area contributed by atoms with Crippen molar-refractivity contribution in [1.29, 1.82) is 0 Å². The summed E-state index contributed by atoms with van der Waals surface area (Å²) in [6, 6.07) is -0.491. The van der Waals surface area contributed by atoms with Crippen LogP contribution >= 0.6 is 0 Å². The van der Waals surface area contributed by atoms with Crippen LogP contribution in [-0.4, -0.2) is 53.2 Å². The molecule has 0 spiro atoms. The van der Waals surface area contributed by atoms with E-state index in [9.17, 15) is 14.4 Å². The summed E-state index contributed by atoms with van der Waals surface area (Å²) in [6.07, 6.45) is 4.83. The molecule has 0 aromatic rings. The third-order valence-corrected chi connectivity index (χ3v) is 3.90. The van der Waals surface area contributed by atoms with Gasteiger partial charge in [0.1, 0.15) is 6.04 Å². The zero-order valence-corrected chi connectivity index (χ0v) is 11.1. The predicted molar refractivity (Wildman–Crippen MR) is 69.0 cm³/mol. The third kappa shape index (κ3) is 3.24. The van der Waals surface area contributed by atoms with Crippen LogP contribution in [0.15, 0.2) is 0 Å². The van der Waals surface area contributed by atoms with Crippen LogP contribution in [0, 0.1) is 0 Å². The van der Waals surface area contributed by atoms with E-state index in [0.717, 1.165) is 25.7 Å². The van der Waals surface area contributed by atoms with E-state index in [1.165, 1.54) is 4.90 Å². The number of amides is 3. The van der Waals surface area contributed by atoms with Crippen LogP contribution in [0.2, 0.25) is 0 Å². The maximum absolute atomic E-state index is 12.2. The van der Waals surface area contributed by atoms with E-state index in [2.05, 4.69) is 0 Å². The second-order valence-corrected chi connectivity index (χ2v) is 5.27. The maximum Gasteiger partial charge on any atom is 0.242 e. The highest BCUT2D eigenvalue weighted by Crippen LogP contribution is 2.18. The van der Waals surface area contributed by atoms with Crippen molar-refractivity contribution in [3.63, 3.8) is 0 Å². The summed E-state index contributed by atoms with van der Waals surface area (Å²) in [7, 11) is 0.